The Balaban J connectivity index is 2.31. The van der Waals surface area contributed by atoms with Crippen molar-refractivity contribution in [1.29, 1.82) is 0 Å². The first kappa shape index (κ1) is 7.99. The minimum atomic E-state index is 0.421. The van der Waals surface area contributed by atoms with Crippen molar-refractivity contribution in [2.45, 2.75) is 19.3 Å². The molecule has 0 saturated heterocycles. The van der Waals surface area contributed by atoms with E-state index in [0.717, 1.165) is 24.6 Å². The summed E-state index contributed by atoms with van der Waals surface area (Å²) in [7, 11) is 0. The molecule has 0 N–H and O–H groups in total. The molecule has 56 valence electrons. The molecule has 1 rings (SSSR count). The standard InChI is InChI=1S/C8H11BrO/c9-5-1-2-7-3-4-8(10)6-7/h1-2,7H,3-6H2/b2-1+. The Morgan fingerprint density at radius 2 is 2.50 bits per heavy atom. The number of ketones is 1. The van der Waals surface area contributed by atoms with Crippen molar-refractivity contribution in [3.8, 4) is 0 Å². The van der Waals surface area contributed by atoms with Crippen molar-refractivity contribution < 1.29 is 4.79 Å². The first-order chi connectivity index (χ1) is 4.83. The predicted octanol–water partition coefficient (Wildman–Crippen LogP) is 2.31. The van der Waals surface area contributed by atoms with Crippen LogP contribution in [-0.4, -0.2) is 11.1 Å². The van der Waals surface area contributed by atoms with Gasteiger partial charge in [0.2, 0.25) is 0 Å². The molecule has 0 aromatic rings. The number of hydrogen-bond donors (Lipinski definition) is 0. The van der Waals surface area contributed by atoms with E-state index < -0.39 is 0 Å². The second-order valence-electron chi connectivity index (χ2n) is 2.62. The highest BCUT2D eigenvalue weighted by Gasteiger charge is 2.18. The van der Waals surface area contributed by atoms with Crippen LogP contribution in [0, 0.1) is 5.92 Å². The van der Waals surface area contributed by atoms with E-state index in [-0.39, 0.29) is 0 Å². The quantitative estimate of drug-likeness (QED) is 0.497. The lowest BCUT2D eigenvalue weighted by Gasteiger charge is -1.96. The molecule has 1 saturated carbocycles. The van der Waals surface area contributed by atoms with Crippen LogP contribution in [0.1, 0.15) is 19.3 Å². The predicted molar refractivity (Wildman–Crippen MR) is 45.3 cm³/mol. The fraction of sp³-hybridized carbons (Fsp3) is 0.625. The number of allylic oxidation sites excluding steroid dienone is 2. The van der Waals surface area contributed by atoms with Gasteiger partial charge in [-0.25, -0.2) is 0 Å². The molecule has 0 spiro atoms. The third-order valence-corrected chi connectivity index (χ3v) is 2.15. The van der Waals surface area contributed by atoms with E-state index >= 15 is 0 Å². The largest absolute Gasteiger partial charge is 0.300 e. The average Bonchev–Trinajstić information content (AvgIpc) is 2.31. The van der Waals surface area contributed by atoms with Crippen LogP contribution in [0.4, 0.5) is 0 Å². The third kappa shape index (κ3) is 2.25. The van der Waals surface area contributed by atoms with Crippen molar-refractivity contribution in [3.63, 3.8) is 0 Å². The third-order valence-electron chi connectivity index (χ3n) is 1.78. The fourth-order valence-corrected chi connectivity index (χ4v) is 1.47. The van der Waals surface area contributed by atoms with Crippen LogP contribution >= 0.6 is 15.9 Å². The first-order valence-electron chi connectivity index (χ1n) is 3.57. The highest BCUT2D eigenvalue weighted by Crippen LogP contribution is 2.22. The monoisotopic (exact) mass is 202 g/mol. The van der Waals surface area contributed by atoms with Gasteiger partial charge in [-0.2, -0.15) is 0 Å². The van der Waals surface area contributed by atoms with Crippen LogP contribution in [-0.2, 0) is 4.79 Å². The number of carbonyl (C=O) groups is 1. The van der Waals surface area contributed by atoms with Gasteiger partial charge in [0, 0.05) is 18.2 Å². The Hall–Kier alpha value is -0.110. The lowest BCUT2D eigenvalue weighted by Crippen LogP contribution is -1.89. The van der Waals surface area contributed by atoms with Crippen molar-refractivity contribution in [3.05, 3.63) is 12.2 Å². The second kappa shape index (κ2) is 3.91. The van der Waals surface area contributed by atoms with E-state index in [1.807, 2.05) is 0 Å². The van der Waals surface area contributed by atoms with Gasteiger partial charge in [0.1, 0.15) is 5.78 Å². The maximum atomic E-state index is 10.8. The number of alkyl halides is 1. The molecule has 0 amide bonds. The SMILES string of the molecule is O=C1CCC(/C=C/CBr)C1. The zero-order chi connectivity index (χ0) is 7.40. The molecule has 0 heterocycles. The molecule has 10 heavy (non-hydrogen) atoms. The number of halogens is 1. The lowest BCUT2D eigenvalue weighted by atomic mass is 10.1. The number of rotatable bonds is 2. The molecule has 0 aliphatic heterocycles. The summed E-state index contributed by atoms with van der Waals surface area (Å²) >= 11 is 3.30. The summed E-state index contributed by atoms with van der Waals surface area (Å²) in [6.07, 6.45) is 6.83. The Bertz CT molecular complexity index is 151. The van der Waals surface area contributed by atoms with E-state index in [1.165, 1.54) is 0 Å². The molecule has 0 radical (unpaired) electrons. The van der Waals surface area contributed by atoms with Gasteiger partial charge in [-0.3, -0.25) is 4.79 Å². The second-order valence-corrected chi connectivity index (χ2v) is 3.27. The van der Waals surface area contributed by atoms with Gasteiger partial charge in [-0.1, -0.05) is 28.1 Å². The topological polar surface area (TPSA) is 17.1 Å². The summed E-state index contributed by atoms with van der Waals surface area (Å²) < 4.78 is 0. The molecule has 1 aliphatic rings. The van der Waals surface area contributed by atoms with Crippen molar-refractivity contribution in [2.75, 3.05) is 5.33 Å². The van der Waals surface area contributed by atoms with Gasteiger partial charge in [0.05, 0.1) is 0 Å². The molecule has 1 nitrogen and oxygen atoms in total. The minimum Gasteiger partial charge on any atom is -0.300 e. The normalized spacial score (nSPS) is 26.5. The van der Waals surface area contributed by atoms with Gasteiger partial charge in [-0.05, 0) is 12.3 Å². The summed E-state index contributed by atoms with van der Waals surface area (Å²) in [5.41, 5.74) is 0. The summed E-state index contributed by atoms with van der Waals surface area (Å²) in [5.74, 6) is 0.953. The number of Topliss-reactive ketones (excluding diaryl/α,β-unsaturated/α-hetero) is 1. The van der Waals surface area contributed by atoms with Gasteiger partial charge in [-0.15, -0.1) is 0 Å². The van der Waals surface area contributed by atoms with E-state index in [9.17, 15) is 4.79 Å². The van der Waals surface area contributed by atoms with E-state index in [0.29, 0.717) is 11.7 Å². The van der Waals surface area contributed by atoms with Gasteiger partial charge < -0.3 is 0 Å². The maximum Gasteiger partial charge on any atom is 0.133 e. The Morgan fingerprint density at radius 3 is 3.00 bits per heavy atom. The smallest absolute Gasteiger partial charge is 0.133 e. The molecular formula is C8H11BrO. The lowest BCUT2D eigenvalue weighted by molar-refractivity contribution is -0.117. The van der Waals surface area contributed by atoms with Crippen LogP contribution in [0.3, 0.4) is 0 Å². The summed E-state index contributed by atoms with van der Waals surface area (Å²) in [4.78, 5) is 10.8. The molecule has 0 aromatic heterocycles. The molecule has 2 heteroatoms. The summed E-state index contributed by atoms with van der Waals surface area (Å²) in [6, 6.07) is 0. The molecule has 1 unspecified atom stereocenters. The Labute approximate surface area is 69.6 Å². The first-order valence-corrected chi connectivity index (χ1v) is 4.69. The fourth-order valence-electron chi connectivity index (χ4n) is 1.25. The van der Waals surface area contributed by atoms with Crippen LogP contribution < -0.4 is 0 Å². The van der Waals surface area contributed by atoms with E-state index in [4.69, 9.17) is 0 Å². The molecule has 0 aromatic carbocycles. The zero-order valence-electron chi connectivity index (χ0n) is 5.85. The highest BCUT2D eigenvalue weighted by atomic mass is 79.9. The molecule has 1 atom stereocenters. The molecule has 1 aliphatic carbocycles. The van der Waals surface area contributed by atoms with E-state index in [2.05, 4.69) is 28.1 Å². The molecule has 1 fully saturated rings. The van der Waals surface area contributed by atoms with Crippen LogP contribution in [0.25, 0.3) is 0 Å². The number of carbonyl (C=O) groups excluding carboxylic acids is 1. The summed E-state index contributed by atoms with van der Waals surface area (Å²) in [5, 5.41) is 0.900. The van der Waals surface area contributed by atoms with E-state index in [1.54, 1.807) is 0 Å². The Kier molecular flexibility index (Phi) is 3.13. The minimum absolute atomic E-state index is 0.421. The van der Waals surface area contributed by atoms with Gasteiger partial charge in [0.25, 0.3) is 0 Å². The van der Waals surface area contributed by atoms with Gasteiger partial charge >= 0.3 is 0 Å². The van der Waals surface area contributed by atoms with Gasteiger partial charge in [0.15, 0.2) is 0 Å². The highest BCUT2D eigenvalue weighted by molar-refractivity contribution is 9.09. The van der Waals surface area contributed by atoms with Crippen LogP contribution in [0.2, 0.25) is 0 Å². The summed E-state index contributed by atoms with van der Waals surface area (Å²) in [6.45, 7) is 0. The molecular weight excluding hydrogens is 192 g/mol. The zero-order valence-corrected chi connectivity index (χ0v) is 7.43. The number of hydrogen-bond acceptors (Lipinski definition) is 1. The molecule has 0 bridgehead atoms. The average molecular weight is 203 g/mol. The Morgan fingerprint density at radius 1 is 1.70 bits per heavy atom. The van der Waals surface area contributed by atoms with Crippen molar-refractivity contribution >= 4 is 21.7 Å². The van der Waals surface area contributed by atoms with Crippen molar-refractivity contribution in [1.82, 2.24) is 0 Å². The van der Waals surface area contributed by atoms with Crippen molar-refractivity contribution in [2.24, 2.45) is 5.92 Å². The van der Waals surface area contributed by atoms with Crippen LogP contribution in [0.15, 0.2) is 12.2 Å². The van der Waals surface area contributed by atoms with Crippen LogP contribution in [0.5, 0.6) is 0 Å². The maximum absolute atomic E-state index is 10.8.